The van der Waals surface area contributed by atoms with Gasteiger partial charge in [-0.2, -0.15) is 0 Å². The Hall–Kier alpha value is 0.240. The molecule has 0 saturated heterocycles. The summed E-state index contributed by atoms with van der Waals surface area (Å²) in [6.07, 6.45) is 0. The van der Waals surface area contributed by atoms with Crippen molar-refractivity contribution in [3.8, 4) is 0 Å². The van der Waals surface area contributed by atoms with Gasteiger partial charge in [0, 0.05) is 21.5 Å². The lowest BCUT2D eigenvalue weighted by molar-refractivity contribution is 1.72. The lowest BCUT2D eigenvalue weighted by Gasteiger charge is -1.69. The van der Waals surface area contributed by atoms with E-state index < -0.39 is 0 Å². The highest BCUT2D eigenvalue weighted by Gasteiger charge is 1.57. The van der Waals surface area contributed by atoms with Gasteiger partial charge in [-0.3, -0.25) is 0 Å². The fourth-order valence-electron chi connectivity index (χ4n) is 0.385. The van der Waals surface area contributed by atoms with Gasteiger partial charge in [-0.15, -0.1) is 0 Å². The Morgan fingerprint density at radius 3 is 0.875 bits per heavy atom. The van der Waals surface area contributed by atoms with Gasteiger partial charge in [-0.1, -0.05) is 36.4 Å². The zero-order chi connectivity index (χ0) is 6.24. The second kappa shape index (κ2) is 7.24. The summed E-state index contributed by atoms with van der Waals surface area (Å²) in [7, 11) is 4.61. The quantitative estimate of drug-likeness (QED) is 0.611. The third-order valence-corrected chi connectivity index (χ3v) is 0.667. The van der Waals surface area contributed by atoms with Crippen molar-refractivity contribution in [2.75, 3.05) is 0 Å². The van der Waals surface area contributed by atoms with Crippen LogP contribution in [0.4, 0.5) is 0 Å². The number of hydrogen-bond acceptors (Lipinski definition) is 0. The summed E-state index contributed by atoms with van der Waals surface area (Å²) < 4.78 is 0. The van der Waals surface area contributed by atoms with Crippen LogP contribution in [0.3, 0.4) is 0 Å². The number of rotatable bonds is 0. The lowest BCUT2D eigenvalue weighted by atomic mass is 10.4. The van der Waals surface area contributed by atoms with E-state index >= 15 is 0 Å². The highest BCUT2D eigenvalue weighted by atomic mass is 127. The van der Waals surface area contributed by atoms with Crippen LogP contribution in [0.5, 0.6) is 0 Å². The highest BCUT2D eigenvalue weighted by molar-refractivity contribution is 14.1. The van der Waals surface area contributed by atoms with Crippen LogP contribution in [0.2, 0.25) is 0 Å². The molecule has 44 valence electrons. The van der Waals surface area contributed by atoms with Crippen molar-refractivity contribution in [2.45, 2.75) is 0 Å². The molecule has 0 saturated carbocycles. The van der Waals surface area contributed by atoms with E-state index in [2.05, 4.69) is 8.91 Å². The van der Waals surface area contributed by atoms with Gasteiger partial charge in [-0.05, 0) is 8.91 Å². The van der Waals surface area contributed by atoms with Crippen LogP contribution in [0.15, 0.2) is 36.4 Å². The molecule has 8 heavy (non-hydrogen) atoms. The third-order valence-electron chi connectivity index (χ3n) is 0.667. The Morgan fingerprint density at radius 1 is 0.625 bits per heavy atom. The molecular weight excluding hydrogens is 234 g/mol. The summed E-state index contributed by atoms with van der Waals surface area (Å²) >= 11 is 1.62. The molecule has 0 spiro atoms. The monoisotopic (exact) mass is 240 g/mol. The van der Waals surface area contributed by atoms with Crippen LogP contribution in [0.1, 0.15) is 0 Å². The minimum atomic E-state index is 1.62. The van der Waals surface area contributed by atoms with E-state index in [0.29, 0.717) is 0 Å². The van der Waals surface area contributed by atoms with E-state index in [9.17, 15) is 0 Å². The van der Waals surface area contributed by atoms with Gasteiger partial charge in [0.25, 0.3) is 0 Å². The van der Waals surface area contributed by atoms with Gasteiger partial charge < -0.3 is 0 Å². The first-order valence-electron chi connectivity index (χ1n) is 2.14. The summed E-state index contributed by atoms with van der Waals surface area (Å²) in [5.41, 5.74) is 0. The fraction of sp³-hybridized carbons (Fsp3) is 0. The molecule has 0 aliphatic heterocycles. The van der Waals surface area contributed by atoms with Crippen LogP contribution in [0, 0.1) is 0 Å². The Balaban J connectivity index is 0.000000222. The van der Waals surface area contributed by atoms with Crippen molar-refractivity contribution in [1.82, 2.24) is 0 Å². The van der Waals surface area contributed by atoms with Crippen molar-refractivity contribution in [3.63, 3.8) is 0 Å². The van der Waals surface area contributed by atoms with Gasteiger partial charge in [0.2, 0.25) is 0 Å². The maximum absolute atomic E-state index is 4.61. The van der Waals surface area contributed by atoms with Gasteiger partial charge in [0.15, 0.2) is 0 Å². The molecule has 0 unspecified atom stereocenters. The van der Waals surface area contributed by atoms with Crippen molar-refractivity contribution in [1.29, 1.82) is 0 Å². The standard InChI is InChI=1S/C6H6.ClI/c1-2-4-6-5-3-1;1-2/h1-6H;. The second-order valence-electron chi connectivity index (χ2n) is 1.15. The number of benzene rings is 1. The second-order valence-corrected chi connectivity index (χ2v) is 1.15. The molecule has 0 radical (unpaired) electrons. The molecule has 0 fully saturated rings. The summed E-state index contributed by atoms with van der Waals surface area (Å²) in [6, 6.07) is 12.0. The zero-order valence-corrected chi connectivity index (χ0v) is 7.13. The van der Waals surface area contributed by atoms with Crippen LogP contribution in [-0.2, 0) is 0 Å². The molecular formula is C6H6ClI. The maximum Gasteiger partial charge on any atom is 0.0425 e. The summed E-state index contributed by atoms with van der Waals surface area (Å²) in [5, 5.41) is 0. The molecule has 1 aromatic rings. The molecule has 0 aromatic heterocycles. The molecule has 0 aliphatic carbocycles. The van der Waals surface area contributed by atoms with Crippen LogP contribution < -0.4 is 0 Å². The minimum absolute atomic E-state index is 1.62. The van der Waals surface area contributed by atoms with Gasteiger partial charge >= 0.3 is 0 Å². The van der Waals surface area contributed by atoms with Crippen molar-refractivity contribution >= 4 is 30.4 Å². The average Bonchev–Trinajstić information content (AvgIpc) is 1.96. The smallest absolute Gasteiger partial charge is 0.0425 e. The molecule has 0 nitrogen and oxygen atoms in total. The van der Waals surface area contributed by atoms with E-state index in [4.69, 9.17) is 0 Å². The van der Waals surface area contributed by atoms with Crippen LogP contribution in [-0.4, -0.2) is 0 Å². The molecule has 0 amide bonds. The van der Waals surface area contributed by atoms with E-state index in [1.807, 2.05) is 36.4 Å². The molecule has 0 heterocycles. The van der Waals surface area contributed by atoms with E-state index in [0.717, 1.165) is 0 Å². The highest BCUT2D eigenvalue weighted by Crippen LogP contribution is 1.80. The summed E-state index contributed by atoms with van der Waals surface area (Å²) in [6.45, 7) is 0. The van der Waals surface area contributed by atoms with Crippen LogP contribution in [0.25, 0.3) is 0 Å². The Kier molecular flexibility index (Phi) is 7.46. The number of halogens is 2. The lowest BCUT2D eigenvalue weighted by Crippen LogP contribution is -1.47. The van der Waals surface area contributed by atoms with Gasteiger partial charge in [0.05, 0.1) is 0 Å². The normalized spacial score (nSPS) is 6.75. The fourth-order valence-corrected chi connectivity index (χ4v) is 0.385. The topological polar surface area (TPSA) is 0 Å². The first-order chi connectivity index (χ1) is 4.00. The van der Waals surface area contributed by atoms with Gasteiger partial charge in [0.1, 0.15) is 0 Å². The summed E-state index contributed by atoms with van der Waals surface area (Å²) in [5.74, 6) is 0. The zero-order valence-electron chi connectivity index (χ0n) is 4.22. The maximum atomic E-state index is 4.61. The Bertz CT molecular complexity index is 80.5. The van der Waals surface area contributed by atoms with E-state index in [1.54, 1.807) is 21.5 Å². The summed E-state index contributed by atoms with van der Waals surface area (Å²) in [4.78, 5) is 0. The SMILES string of the molecule is ClI.c1ccccc1. The molecule has 1 aromatic carbocycles. The van der Waals surface area contributed by atoms with E-state index in [-0.39, 0.29) is 0 Å². The van der Waals surface area contributed by atoms with E-state index in [1.165, 1.54) is 0 Å². The average molecular weight is 240 g/mol. The molecule has 2 heteroatoms. The van der Waals surface area contributed by atoms with Crippen molar-refractivity contribution in [2.24, 2.45) is 0 Å². The Morgan fingerprint density at radius 2 is 0.750 bits per heavy atom. The molecule has 0 bridgehead atoms. The predicted molar refractivity (Wildman–Crippen MR) is 46.3 cm³/mol. The molecule has 0 N–H and O–H groups in total. The number of hydrogen-bond donors (Lipinski definition) is 0. The largest absolute Gasteiger partial charge is 0.0623 e. The Labute approximate surface area is 66.7 Å². The minimum Gasteiger partial charge on any atom is -0.0623 e. The van der Waals surface area contributed by atoms with Crippen molar-refractivity contribution in [3.05, 3.63) is 36.4 Å². The van der Waals surface area contributed by atoms with Crippen molar-refractivity contribution < 1.29 is 0 Å². The molecule has 0 aliphatic rings. The first-order valence-corrected chi connectivity index (χ1v) is 4.87. The predicted octanol–water partition coefficient (Wildman–Crippen LogP) is 3.26. The van der Waals surface area contributed by atoms with Gasteiger partial charge in [-0.25, -0.2) is 0 Å². The first kappa shape index (κ1) is 8.24. The third kappa shape index (κ3) is 4.40. The molecule has 0 atom stereocenters. The van der Waals surface area contributed by atoms with Crippen LogP contribution >= 0.6 is 30.4 Å². The molecule has 1 rings (SSSR count).